The molecule has 2 N–H and O–H groups in total. The molecular weight excluding hydrogens is 260 g/mol. The summed E-state index contributed by atoms with van der Waals surface area (Å²) in [4.78, 5) is 2.12. The van der Waals surface area contributed by atoms with Gasteiger partial charge in [-0.2, -0.15) is 0 Å². The van der Waals surface area contributed by atoms with E-state index in [-0.39, 0.29) is 11.6 Å². The number of nitrogens with zero attached hydrogens (tertiary/aromatic N) is 1. The van der Waals surface area contributed by atoms with Crippen LogP contribution in [0.5, 0.6) is 0 Å². The van der Waals surface area contributed by atoms with Crippen molar-refractivity contribution in [1.29, 1.82) is 0 Å². The van der Waals surface area contributed by atoms with Crippen molar-refractivity contribution in [3.8, 4) is 0 Å². The van der Waals surface area contributed by atoms with Crippen LogP contribution < -0.4 is 10.6 Å². The van der Waals surface area contributed by atoms with E-state index >= 15 is 0 Å². The van der Waals surface area contributed by atoms with Crippen molar-refractivity contribution in [2.75, 3.05) is 25.6 Å². The van der Waals surface area contributed by atoms with Gasteiger partial charge in [-0.3, -0.25) is 0 Å². The highest BCUT2D eigenvalue weighted by atomic mass is 16.5. The normalized spacial score (nSPS) is 26.0. The maximum atomic E-state index is 6.58. The Kier molecular flexibility index (Phi) is 4.23. The number of hydrogen-bond donors (Lipinski definition) is 1. The van der Waals surface area contributed by atoms with Gasteiger partial charge in [-0.1, -0.05) is 25.0 Å². The van der Waals surface area contributed by atoms with Crippen LogP contribution >= 0.6 is 0 Å². The van der Waals surface area contributed by atoms with E-state index in [2.05, 4.69) is 43.3 Å². The standard InChI is InChI=1S/C18H28N2O/c1-20(2)16-7-5-14(6-8-16)17(19)15-9-12-21-18(13-15)10-3-4-11-18/h5-8,15,17H,3-4,9-13,19H2,1-2H3. The molecule has 1 aromatic carbocycles. The van der Waals surface area contributed by atoms with E-state index in [4.69, 9.17) is 10.5 Å². The van der Waals surface area contributed by atoms with Gasteiger partial charge < -0.3 is 15.4 Å². The molecule has 1 spiro atoms. The molecule has 1 saturated carbocycles. The Morgan fingerprint density at radius 2 is 1.86 bits per heavy atom. The fraction of sp³-hybridized carbons (Fsp3) is 0.667. The second-order valence-electron chi connectivity index (χ2n) is 7.00. The quantitative estimate of drug-likeness (QED) is 0.925. The third kappa shape index (κ3) is 3.09. The number of benzene rings is 1. The molecule has 0 radical (unpaired) electrons. The predicted molar refractivity (Wildman–Crippen MR) is 87.6 cm³/mol. The van der Waals surface area contributed by atoms with E-state index < -0.39 is 0 Å². The zero-order valence-corrected chi connectivity index (χ0v) is 13.3. The summed E-state index contributed by atoms with van der Waals surface area (Å²) in [6, 6.07) is 8.86. The molecule has 2 atom stereocenters. The van der Waals surface area contributed by atoms with Gasteiger partial charge in [-0.15, -0.1) is 0 Å². The lowest BCUT2D eigenvalue weighted by molar-refractivity contribution is -0.0963. The van der Waals surface area contributed by atoms with E-state index in [1.54, 1.807) is 0 Å². The average Bonchev–Trinajstić information content (AvgIpc) is 2.94. The van der Waals surface area contributed by atoms with Gasteiger partial charge >= 0.3 is 0 Å². The van der Waals surface area contributed by atoms with Crippen molar-refractivity contribution in [3.63, 3.8) is 0 Å². The molecule has 3 nitrogen and oxygen atoms in total. The molecule has 2 fully saturated rings. The minimum Gasteiger partial charge on any atom is -0.378 e. The molecule has 1 aromatic rings. The Hall–Kier alpha value is -1.06. The average molecular weight is 288 g/mol. The van der Waals surface area contributed by atoms with Crippen molar-refractivity contribution in [2.45, 2.75) is 50.2 Å². The van der Waals surface area contributed by atoms with Crippen molar-refractivity contribution in [1.82, 2.24) is 0 Å². The molecule has 0 aromatic heterocycles. The summed E-state index contributed by atoms with van der Waals surface area (Å²) in [5.41, 5.74) is 9.23. The van der Waals surface area contributed by atoms with Crippen molar-refractivity contribution < 1.29 is 4.74 Å². The lowest BCUT2D eigenvalue weighted by atomic mass is 9.79. The Morgan fingerprint density at radius 3 is 2.48 bits per heavy atom. The van der Waals surface area contributed by atoms with E-state index in [9.17, 15) is 0 Å². The number of anilines is 1. The van der Waals surface area contributed by atoms with Crippen LogP contribution in [0, 0.1) is 5.92 Å². The lowest BCUT2D eigenvalue weighted by Crippen LogP contribution is -2.40. The molecule has 1 saturated heterocycles. The molecule has 1 aliphatic heterocycles. The third-order valence-electron chi connectivity index (χ3n) is 5.35. The van der Waals surface area contributed by atoms with Gasteiger partial charge in [0.25, 0.3) is 0 Å². The molecule has 2 aliphatic rings. The minimum absolute atomic E-state index is 0.141. The summed E-state index contributed by atoms with van der Waals surface area (Å²) in [5.74, 6) is 0.557. The summed E-state index contributed by atoms with van der Waals surface area (Å²) in [6.07, 6.45) is 7.34. The molecule has 3 heteroatoms. The molecule has 1 heterocycles. The summed E-state index contributed by atoms with van der Waals surface area (Å²) in [6.45, 7) is 0.883. The van der Waals surface area contributed by atoms with E-state index in [1.165, 1.54) is 36.9 Å². The highest BCUT2D eigenvalue weighted by Gasteiger charge is 2.41. The Morgan fingerprint density at radius 1 is 1.19 bits per heavy atom. The first kappa shape index (κ1) is 14.9. The zero-order chi connectivity index (χ0) is 14.9. The topological polar surface area (TPSA) is 38.5 Å². The largest absolute Gasteiger partial charge is 0.378 e. The van der Waals surface area contributed by atoms with E-state index in [0.717, 1.165) is 19.4 Å². The van der Waals surface area contributed by atoms with Crippen LogP contribution in [0.1, 0.15) is 50.1 Å². The Balaban J connectivity index is 1.70. The second-order valence-corrected chi connectivity index (χ2v) is 7.00. The van der Waals surface area contributed by atoms with Crippen LogP contribution in [0.3, 0.4) is 0 Å². The van der Waals surface area contributed by atoms with Gasteiger partial charge in [-0.25, -0.2) is 0 Å². The van der Waals surface area contributed by atoms with E-state index in [1.807, 2.05) is 0 Å². The molecule has 3 rings (SSSR count). The fourth-order valence-corrected chi connectivity index (χ4v) is 4.01. The van der Waals surface area contributed by atoms with Crippen molar-refractivity contribution in [2.24, 2.45) is 11.7 Å². The molecule has 0 bridgehead atoms. The molecule has 116 valence electrons. The van der Waals surface area contributed by atoms with Crippen LogP contribution in [0.15, 0.2) is 24.3 Å². The Labute approximate surface area is 128 Å². The van der Waals surface area contributed by atoms with Crippen LogP contribution in [0.2, 0.25) is 0 Å². The summed E-state index contributed by atoms with van der Waals surface area (Å²) in [5, 5.41) is 0. The van der Waals surface area contributed by atoms with Crippen LogP contribution in [-0.2, 0) is 4.74 Å². The Bertz CT molecular complexity index is 463. The van der Waals surface area contributed by atoms with Gasteiger partial charge in [-0.05, 0) is 49.3 Å². The van der Waals surface area contributed by atoms with Gasteiger partial charge in [0.1, 0.15) is 0 Å². The highest BCUT2D eigenvalue weighted by Crippen LogP contribution is 2.44. The van der Waals surface area contributed by atoms with Crippen LogP contribution in [-0.4, -0.2) is 26.3 Å². The third-order valence-corrected chi connectivity index (χ3v) is 5.35. The first-order valence-corrected chi connectivity index (χ1v) is 8.26. The second kappa shape index (κ2) is 5.98. The fourth-order valence-electron chi connectivity index (χ4n) is 4.01. The zero-order valence-electron chi connectivity index (χ0n) is 13.3. The van der Waals surface area contributed by atoms with Crippen LogP contribution in [0.4, 0.5) is 5.69 Å². The molecule has 21 heavy (non-hydrogen) atoms. The lowest BCUT2D eigenvalue weighted by Gasteiger charge is -2.40. The van der Waals surface area contributed by atoms with Gasteiger partial charge in [0, 0.05) is 32.4 Å². The first-order chi connectivity index (χ1) is 10.1. The summed E-state index contributed by atoms with van der Waals surface area (Å²) in [7, 11) is 4.13. The first-order valence-electron chi connectivity index (χ1n) is 8.26. The maximum absolute atomic E-state index is 6.58. The highest BCUT2D eigenvalue weighted by molar-refractivity contribution is 5.46. The molecular formula is C18H28N2O. The minimum atomic E-state index is 0.141. The number of nitrogens with two attached hydrogens (primary N) is 1. The SMILES string of the molecule is CN(C)c1ccc(C(N)C2CCOC3(CCCC3)C2)cc1. The molecule has 1 aliphatic carbocycles. The van der Waals surface area contributed by atoms with Gasteiger partial charge in [0.15, 0.2) is 0 Å². The monoisotopic (exact) mass is 288 g/mol. The predicted octanol–water partition coefficient (Wildman–Crippen LogP) is 3.49. The molecule has 2 unspecified atom stereocenters. The number of rotatable bonds is 3. The van der Waals surface area contributed by atoms with Crippen LogP contribution in [0.25, 0.3) is 0 Å². The van der Waals surface area contributed by atoms with Gasteiger partial charge in [0.05, 0.1) is 5.60 Å². The van der Waals surface area contributed by atoms with E-state index in [0.29, 0.717) is 5.92 Å². The number of hydrogen-bond acceptors (Lipinski definition) is 3. The summed E-state index contributed by atoms with van der Waals surface area (Å²) >= 11 is 0. The molecule has 0 amide bonds. The number of ether oxygens (including phenoxy) is 1. The van der Waals surface area contributed by atoms with Crippen molar-refractivity contribution in [3.05, 3.63) is 29.8 Å². The summed E-state index contributed by atoms with van der Waals surface area (Å²) < 4.78 is 6.13. The maximum Gasteiger partial charge on any atom is 0.0685 e. The van der Waals surface area contributed by atoms with Crippen molar-refractivity contribution >= 4 is 5.69 Å². The van der Waals surface area contributed by atoms with Gasteiger partial charge in [0.2, 0.25) is 0 Å². The smallest absolute Gasteiger partial charge is 0.0685 e.